The van der Waals surface area contributed by atoms with Gasteiger partial charge in [-0.2, -0.15) is 0 Å². The third-order valence-corrected chi connectivity index (χ3v) is 1.85. The van der Waals surface area contributed by atoms with Crippen molar-refractivity contribution in [2.45, 2.75) is 19.8 Å². The topological polar surface area (TPSA) is 43.1 Å². The van der Waals surface area contributed by atoms with Crippen LogP contribution in [0.25, 0.3) is 0 Å². The molecule has 0 spiro atoms. The van der Waals surface area contributed by atoms with Crippen molar-refractivity contribution in [3.8, 4) is 0 Å². The molecule has 0 aliphatic carbocycles. The summed E-state index contributed by atoms with van der Waals surface area (Å²) < 4.78 is 4.83. The van der Waals surface area contributed by atoms with E-state index in [2.05, 4.69) is 5.16 Å². The summed E-state index contributed by atoms with van der Waals surface area (Å²) in [6.07, 6.45) is 0. The van der Waals surface area contributed by atoms with E-state index in [1.54, 1.807) is 28.7 Å². The maximum atomic E-state index is 10.7. The molecule has 3 nitrogen and oxygen atoms in total. The summed E-state index contributed by atoms with van der Waals surface area (Å²) in [5.41, 5.74) is 0.398. The molecule has 1 aromatic heterocycles. The van der Waals surface area contributed by atoms with Gasteiger partial charge in [-0.3, -0.25) is 4.79 Å². The Labute approximate surface area is 78.3 Å². The first kappa shape index (κ1) is 8.70. The van der Waals surface area contributed by atoms with Gasteiger partial charge in [-0.25, -0.2) is 0 Å². The highest BCUT2D eigenvalue weighted by molar-refractivity contribution is 14.1. The molecule has 0 amide bonds. The molecule has 0 saturated carbocycles. The quantitative estimate of drug-likeness (QED) is 0.609. The van der Waals surface area contributed by atoms with E-state index in [0.29, 0.717) is 5.69 Å². The van der Waals surface area contributed by atoms with Crippen molar-refractivity contribution in [2.24, 2.45) is 0 Å². The highest BCUT2D eigenvalue weighted by Gasteiger charge is 2.10. The molecular weight excluding hydrogens is 257 g/mol. The van der Waals surface area contributed by atoms with E-state index < -0.39 is 0 Å². The van der Waals surface area contributed by atoms with Crippen molar-refractivity contribution >= 4 is 26.4 Å². The largest absolute Gasteiger partial charge is 0.360 e. The van der Waals surface area contributed by atoms with Gasteiger partial charge in [-0.1, -0.05) is 19.0 Å². The number of hydrogen-bond donors (Lipinski definition) is 0. The summed E-state index contributed by atoms with van der Waals surface area (Å²) in [7, 11) is 0. The number of hydrogen-bond acceptors (Lipinski definition) is 3. The van der Waals surface area contributed by atoms with Crippen LogP contribution in [0.1, 0.15) is 36.0 Å². The van der Waals surface area contributed by atoms with Crippen LogP contribution >= 0.6 is 22.6 Å². The standard InChI is InChI=1S/C7H8INO2/c1-4(2)6-3-5(7(8)10)9-11-6/h3-4H,1-2H3. The second-order valence-corrected chi connectivity index (χ2v) is 3.52. The van der Waals surface area contributed by atoms with Crippen molar-refractivity contribution in [3.63, 3.8) is 0 Å². The molecule has 0 atom stereocenters. The maximum absolute atomic E-state index is 10.7. The predicted molar refractivity (Wildman–Crippen MR) is 48.9 cm³/mol. The first-order valence-electron chi connectivity index (χ1n) is 3.27. The average molecular weight is 265 g/mol. The number of aromatic nitrogens is 1. The third-order valence-electron chi connectivity index (χ3n) is 1.30. The Morgan fingerprint density at radius 2 is 2.36 bits per heavy atom. The SMILES string of the molecule is CC(C)c1cc(C(=O)I)no1. The molecule has 0 saturated heterocycles. The minimum absolute atomic E-state index is 0.0850. The van der Waals surface area contributed by atoms with E-state index in [-0.39, 0.29) is 9.71 Å². The molecule has 0 radical (unpaired) electrons. The van der Waals surface area contributed by atoms with Crippen LogP contribution in [0.4, 0.5) is 0 Å². The summed E-state index contributed by atoms with van der Waals surface area (Å²) in [4.78, 5) is 10.7. The molecule has 0 unspecified atom stereocenters. The van der Waals surface area contributed by atoms with Gasteiger partial charge in [0, 0.05) is 34.6 Å². The van der Waals surface area contributed by atoms with Crippen LogP contribution in [0.15, 0.2) is 10.6 Å². The zero-order valence-corrected chi connectivity index (χ0v) is 8.45. The van der Waals surface area contributed by atoms with Gasteiger partial charge in [0.25, 0.3) is 0 Å². The van der Waals surface area contributed by atoms with E-state index >= 15 is 0 Å². The van der Waals surface area contributed by atoms with Crippen molar-refractivity contribution < 1.29 is 9.32 Å². The molecule has 1 heterocycles. The summed E-state index contributed by atoms with van der Waals surface area (Å²) in [5.74, 6) is 1.04. The molecule has 0 N–H and O–H groups in total. The van der Waals surface area contributed by atoms with Crippen LogP contribution < -0.4 is 0 Å². The summed E-state index contributed by atoms with van der Waals surface area (Å²) in [6, 6.07) is 1.68. The highest BCUT2D eigenvalue weighted by atomic mass is 127. The fourth-order valence-electron chi connectivity index (χ4n) is 0.654. The second-order valence-electron chi connectivity index (χ2n) is 2.54. The van der Waals surface area contributed by atoms with Gasteiger partial charge >= 0.3 is 0 Å². The second kappa shape index (κ2) is 3.34. The molecule has 0 aliphatic heterocycles. The van der Waals surface area contributed by atoms with Gasteiger partial charge in [0.1, 0.15) is 5.76 Å². The van der Waals surface area contributed by atoms with Crippen LogP contribution in [0.3, 0.4) is 0 Å². The molecule has 0 aromatic carbocycles. The lowest BCUT2D eigenvalue weighted by atomic mass is 10.1. The minimum atomic E-state index is -0.0850. The lowest BCUT2D eigenvalue weighted by Gasteiger charge is -1.92. The number of carbonyl (C=O) groups is 1. The number of carbonyl (C=O) groups excluding carboxylic acids is 1. The van der Waals surface area contributed by atoms with E-state index in [9.17, 15) is 4.79 Å². The molecule has 0 bridgehead atoms. The molecule has 4 heteroatoms. The first-order chi connectivity index (χ1) is 5.11. The lowest BCUT2D eigenvalue weighted by Crippen LogP contribution is -1.85. The van der Waals surface area contributed by atoms with Crippen molar-refractivity contribution in [1.82, 2.24) is 5.16 Å². The Kier molecular flexibility index (Phi) is 2.64. The molecule has 11 heavy (non-hydrogen) atoms. The van der Waals surface area contributed by atoms with Crippen LogP contribution in [0.5, 0.6) is 0 Å². The highest BCUT2D eigenvalue weighted by Crippen LogP contribution is 2.16. The van der Waals surface area contributed by atoms with E-state index in [1.165, 1.54) is 0 Å². The average Bonchev–Trinajstić information content (AvgIpc) is 2.33. The van der Waals surface area contributed by atoms with E-state index in [0.717, 1.165) is 5.76 Å². The smallest absolute Gasteiger partial charge is 0.244 e. The van der Waals surface area contributed by atoms with Crippen LogP contribution in [0.2, 0.25) is 0 Å². The Bertz CT molecular complexity index is 267. The van der Waals surface area contributed by atoms with Crippen LogP contribution in [0, 0.1) is 0 Å². The van der Waals surface area contributed by atoms with E-state index in [4.69, 9.17) is 4.52 Å². The summed E-state index contributed by atoms with van der Waals surface area (Å²) in [6.45, 7) is 3.98. The third kappa shape index (κ3) is 2.02. The zero-order valence-electron chi connectivity index (χ0n) is 6.30. The van der Waals surface area contributed by atoms with Crippen LogP contribution in [-0.4, -0.2) is 8.95 Å². The van der Waals surface area contributed by atoms with Crippen molar-refractivity contribution in [1.29, 1.82) is 0 Å². The number of nitrogens with zero attached hydrogens (tertiary/aromatic N) is 1. The predicted octanol–water partition coefficient (Wildman–Crippen LogP) is 2.37. The monoisotopic (exact) mass is 265 g/mol. The molecule has 60 valence electrons. The fourth-order valence-corrected chi connectivity index (χ4v) is 0.908. The Morgan fingerprint density at radius 3 is 2.64 bits per heavy atom. The van der Waals surface area contributed by atoms with Crippen molar-refractivity contribution in [3.05, 3.63) is 17.5 Å². The summed E-state index contributed by atoms with van der Waals surface area (Å²) in [5, 5.41) is 3.60. The normalized spacial score (nSPS) is 10.5. The van der Waals surface area contributed by atoms with Gasteiger partial charge in [-0.15, -0.1) is 0 Å². The Hall–Kier alpha value is -0.390. The van der Waals surface area contributed by atoms with E-state index in [1.807, 2.05) is 13.8 Å². The maximum Gasteiger partial charge on any atom is 0.244 e. The van der Waals surface area contributed by atoms with Gasteiger partial charge in [-0.05, 0) is 0 Å². The first-order valence-corrected chi connectivity index (χ1v) is 4.35. The van der Waals surface area contributed by atoms with Crippen molar-refractivity contribution in [2.75, 3.05) is 0 Å². The van der Waals surface area contributed by atoms with Gasteiger partial charge in [0.2, 0.25) is 3.79 Å². The van der Waals surface area contributed by atoms with Crippen LogP contribution in [-0.2, 0) is 0 Å². The number of halogens is 1. The minimum Gasteiger partial charge on any atom is -0.360 e. The molecule has 0 aliphatic rings. The van der Waals surface area contributed by atoms with Gasteiger partial charge < -0.3 is 4.52 Å². The summed E-state index contributed by atoms with van der Waals surface area (Å²) >= 11 is 1.68. The fraction of sp³-hybridized carbons (Fsp3) is 0.429. The lowest BCUT2D eigenvalue weighted by molar-refractivity contribution is 0.109. The Morgan fingerprint density at radius 1 is 1.73 bits per heavy atom. The zero-order chi connectivity index (χ0) is 8.43. The molecule has 0 fully saturated rings. The number of rotatable bonds is 2. The van der Waals surface area contributed by atoms with Gasteiger partial charge in [0.15, 0.2) is 5.69 Å². The molecule has 1 rings (SSSR count). The molecular formula is C7H8INO2. The Balaban J connectivity index is 2.90. The van der Waals surface area contributed by atoms with Gasteiger partial charge in [0.05, 0.1) is 0 Å². The molecule has 1 aromatic rings.